The number of rotatable bonds is 3. The Labute approximate surface area is 107 Å². The molecule has 1 aromatic heterocycles. The number of carboxylic acids is 1. The SMILES string of the molecule is CC(C(=O)O)N(C)c1ncnc2c1CCCCC2. The average Bonchev–Trinajstić information content (AvgIpc) is 2.61. The van der Waals surface area contributed by atoms with E-state index in [4.69, 9.17) is 5.11 Å². The number of hydrogen-bond acceptors (Lipinski definition) is 4. The molecule has 0 aromatic carbocycles. The molecule has 2 rings (SSSR count). The van der Waals surface area contributed by atoms with E-state index in [-0.39, 0.29) is 0 Å². The van der Waals surface area contributed by atoms with Gasteiger partial charge in [0.05, 0.1) is 0 Å². The van der Waals surface area contributed by atoms with Gasteiger partial charge in [-0.05, 0) is 32.6 Å². The van der Waals surface area contributed by atoms with Gasteiger partial charge in [0.1, 0.15) is 18.2 Å². The molecule has 1 unspecified atom stereocenters. The van der Waals surface area contributed by atoms with Gasteiger partial charge in [-0.3, -0.25) is 0 Å². The van der Waals surface area contributed by atoms with E-state index in [9.17, 15) is 4.79 Å². The van der Waals surface area contributed by atoms with Crippen molar-refractivity contribution in [3.63, 3.8) is 0 Å². The van der Waals surface area contributed by atoms with Gasteiger partial charge in [0.2, 0.25) is 0 Å². The number of carbonyl (C=O) groups is 1. The van der Waals surface area contributed by atoms with Crippen LogP contribution in [0, 0.1) is 0 Å². The topological polar surface area (TPSA) is 66.3 Å². The second-order valence-electron chi connectivity index (χ2n) is 4.81. The summed E-state index contributed by atoms with van der Waals surface area (Å²) in [7, 11) is 1.78. The summed E-state index contributed by atoms with van der Waals surface area (Å²) in [5.74, 6) is -0.0599. The lowest BCUT2D eigenvalue weighted by Crippen LogP contribution is -2.37. The summed E-state index contributed by atoms with van der Waals surface area (Å²) in [6.45, 7) is 1.67. The molecule has 5 nitrogen and oxygen atoms in total. The molecule has 0 saturated carbocycles. The zero-order chi connectivity index (χ0) is 13.1. The second-order valence-corrected chi connectivity index (χ2v) is 4.81. The third-order valence-electron chi connectivity index (χ3n) is 3.62. The first-order chi connectivity index (χ1) is 8.61. The van der Waals surface area contributed by atoms with Crippen LogP contribution >= 0.6 is 0 Å². The molecule has 0 bridgehead atoms. The molecule has 0 aliphatic heterocycles. The smallest absolute Gasteiger partial charge is 0.326 e. The number of aryl methyl sites for hydroxylation is 1. The van der Waals surface area contributed by atoms with E-state index in [0.717, 1.165) is 42.8 Å². The lowest BCUT2D eigenvalue weighted by Gasteiger charge is -2.25. The van der Waals surface area contributed by atoms with Gasteiger partial charge in [-0.25, -0.2) is 14.8 Å². The van der Waals surface area contributed by atoms with Crippen molar-refractivity contribution in [3.8, 4) is 0 Å². The standard InChI is InChI=1S/C13H19N3O2/c1-9(13(17)18)16(2)12-10-6-4-3-5-7-11(10)14-8-15-12/h8-9H,3-7H2,1-2H3,(H,17,18). The van der Waals surface area contributed by atoms with Crippen molar-refractivity contribution in [1.29, 1.82) is 0 Å². The lowest BCUT2D eigenvalue weighted by molar-refractivity contribution is -0.138. The maximum atomic E-state index is 11.1. The van der Waals surface area contributed by atoms with E-state index < -0.39 is 12.0 Å². The van der Waals surface area contributed by atoms with Crippen molar-refractivity contribution in [2.45, 2.75) is 45.1 Å². The molecule has 1 aliphatic rings. The number of aromatic nitrogens is 2. The van der Waals surface area contributed by atoms with Gasteiger partial charge in [0.25, 0.3) is 0 Å². The molecule has 98 valence electrons. The Kier molecular flexibility index (Phi) is 3.79. The molecule has 0 radical (unpaired) electrons. The minimum absolute atomic E-state index is 0.577. The number of hydrogen-bond donors (Lipinski definition) is 1. The number of anilines is 1. The Bertz CT molecular complexity index is 448. The first-order valence-electron chi connectivity index (χ1n) is 6.39. The predicted molar refractivity (Wildman–Crippen MR) is 68.8 cm³/mol. The molecule has 1 N–H and O–H groups in total. The van der Waals surface area contributed by atoms with Crippen LogP contribution in [-0.2, 0) is 17.6 Å². The summed E-state index contributed by atoms with van der Waals surface area (Å²) in [6, 6.07) is -0.577. The molecule has 0 fully saturated rings. The van der Waals surface area contributed by atoms with Crippen molar-refractivity contribution >= 4 is 11.8 Å². The summed E-state index contributed by atoms with van der Waals surface area (Å²) in [5, 5.41) is 9.09. The van der Waals surface area contributed by atoms with Crippen LogP contribution in [0.15, 0.2) is 6.33 Å². The van der Waals surface area contributed by atoms with Crippen LogP contribution in [0.3, 0.4) is 0 Å². The highest BCUT2D eigenvalue weighted by atomic mass is 16.4. The van der Waals surface area contributed by atoms with Crippen molar-refractivity contribution in [3.05, 3.63) is 17.6 Å². The van der Waals surface area contributed by atoms with Gasteiger partial charge in [0, 0.05) is 18.3 Å². The predicted octanol–water partition coefficient (Wildman–Crippen LogP) is 1.65. The quantitative estimate of drug-likeness (QED) is 0.825. The van der Waals surface area contributed by atoms with Crippen molar-refractivity contribution in [1.82, 2.24) is 9.97 Å². The van der Waals surface area contributed by atoms with Gasteiger partial charge in [-0.1, -0.05) is 6.42 Å². The molecule has 1 atom stereocenters. The molecule has 1 aromatic rings. The van der Waals surface area contributed by atoms with E-state index in [2.05, 4.69) is 9.97 Å². The van der Waals surface area contributed by atoms with Crippen LogP contribution in [0.2, 0.25) is 0 Å². The van der Waals surface area contributed by atoms with Gasteiger partial charge in [-0.2, -0.15) is 0 Å². The Morgan fingerprint density at radius 1 is 1.33 bits per heavy atom. The number of nitrogens with zero attached hydrogens (tertiary/aromatic N) is 3. The second kappa shape index (κ2) is 5.33. The van der Waals surface area contributed by atoms with Crippen molar-refractivity contribution < 1.29 is 9.90 Å². The van der Waals surface area contributed by atoms with Gasteiger partial charge < -0.3 is 10.0 Å². The minimum Gasteiger partial charge on any atom is -0.480 e. The molecular formula is C13H19N3O2. The number of likely N-dealkylation sites (N-methyl/N-ethyl adjacent to an activating group) is 1. The molecule has 0 spiro atoms. The Balaban J connectivity index is 2.36. The monoisotopic (exact) mass is 249 g/mol. The lowest BCUT2D eigenvalue weighted by atomic mass is 10.1. The molecular weight excluding hydrogens is 230 g/mol. The molecule has 5 heteroatoms. The van der Waals surface area contributed by atoms with Crippen molar-refractivity contribution in [2.24, 2.45) is 0 Å². The van der Waals surface area contributed by atoms with Gasteiger partial charge in [0.15, 0.2) is 0 Å². The summed E-state index contributed by atoms with van der Waals surface area (Å²) >= 11 is 0. The fourth-order valence-corrected chi connectivity index (χ4v) is 2.33. The number of fused-ring (bicyclic) bond motifs is 1. The summed E-state index contributed by atoms with van der Waals surface area (Å²) in [6.07, 6.45) is 6.95. The van der Waals surface area contributed by atoms with E-state index in [1.807, 2.05) is 0 Å². The number of aliphatic carboxylic acids is 1. The van der Waals surface area contributed by atoms with Gasteiger partial charge >= 0.3 is 5.97 Å². The van der Waals surface area contributed by atoms with Crippen LogP contribution in [0.4, 0.5) is 5.82 Å². The van der Waals surface area contributed by atoms with E-state index in [1.54, 1.807) is 25.2 Å². The van der Waals surface area contributed by atoms with Gasteiger partial charge in [-0.15, -0.1) is 0 Å². The van der Waals surface area contributed by atoms with Crippen LogP contribution < -0.4 is 4.90 Å². The molecule has 0 amide bonds. The molecule has 1 heterocycles. The normalized spacial score (nSPS) is 16.6. The highest BCUT2D eigenvalue weighted by Crippen LogP contribution is 2.26. The summed E-state index contributed by atoms with van der Waals surface area (Å²) in [4.78, 5) is 21.4. The maximum Gasteiger partial charge on any atom is 0.326 e. The first kappa shape index (κ1) is 12.8. The highest BCUT2D eigenvalue weighted by Gasteiger charge is 2.23. The number of carboxylic acid groups (broad SMARTS) is 1. The largest absolute Gasteiger partial charge is 0.480 e. The van der Waals surface area contributed by atoms with E-state index in [1.165, 1.54) is 6.42 Å². The average molecular weight is 249 g/mol. The molecule has 0 saturated heterocycles. The zero-order valence-corrected chi connectivity index (χ0v) is 10.9. The molecule has 1 aliphatic carbocycles. The van der Waals surface area contributed by atoms with Crippen LogP contribution in [-0.4, -0.2) is 34.1 Å². The summed E-state index contributed by atoms with van der Waals surface area (Å²) < 4.78 is 0. The summed E-state index contributed by atoms with van der Waals surface area (Å²) in [5.41, 5.74) is 2.22. The maximum absolute atomic E-state index is 11.1. The fraction of sp³-hybridized carbons (Fsp3) is 0.615. The minimum atomic E-state index is -0.835. The van der Waals surface area contributed by atoms with Crippen LogP contribution in [0.1, 0.15) is 37.4 Å². The highest BCUT2D eigenvalue weighted by molar-refractivity contribution is 5.77. The Morgan fingerprint density at radius 2 is 2.06 bits per heavy atom. The van der Waals surface area contributed by atoms with E-state index >= 15 is 0 Å². The third kappa shape index (κ3) is 2.44. The van der Waals surface area contributed by atoms with E-state index in [0.29, 0.717) is 0 Å². The van der Waals surface area contributed by atoms with Crippen LogP contribution in [0.25, 0.3) is 0 Å². The zero-order valence-electron chi connectivity index (χ0n) is 10.9. The first-order valence-corrected chi connectivity index (χ1v) is 6.39. The van der Waals surface area contributed by atoms with Crippen LogP contribution in [0.5, 0.6) is 0 Å². The third-order valence-corrected chi connectivity index (χ3v) is 3.62. The fourth-order valence-electron chi connectivity index (χ4n) is 2.33. The molecule has 18 heavy (non-hydrogen) atoms. The van der Waals surface area contributed by atoms with Crippen molar-refractivity contribution in [2.75, 3.05) is 11.9 Å². The Morgan fingerprint density at radius 3 is 2.78 bits per heavy atom. The Hall–Kier alpha value is -1.65.